The number of amides is 1. The van der Waals surface area contributed by atoms with E-state index in [-0.39, 0.29) is 23.1 Å². The molecule has 3 N–H and O–H groups in total. The molecule has 0 fully saturated rings. The van der Waals surface area contributed by atoms with Gasteiger partial charge < -0.3 is 15.7 Å². The number of rotatable bonds is 5. The van der Waals surface area contributed by atoms with Crippen LogP contribution >= 0.6 is 0 Å². The third-order valence-corrected chi connectivity index (χ3v) is 2.43. The summed E-state index contributed by atoms with van der Waals surface area (Å²) < 4.78 is 13.5. The molecular weight excluding hydrogens is 239 g/mol. The molecule has 0 radical (unpaired) electrons. The van der Waals surface area contributed by atoms with Crippen LogP contribution in [0.25, 0.3) is 0 Å². The van der Waals surface area contributed by atoms with E-state index in [2.05, 4.69) is 10.6 Å². The van der Waals surface area contributed by atoms with E-state index in [9.17, 15) is 14.0 Å². The lowest BCUT2D eigenvalue weighted by molar-refractivity contribution is -0.119. The Balaban J connectivity index is 2.79. The number of benzene rings is 1. The van der Waals surface area contributed by atoms with Gasteiger partial charge in [0.2, 0.25) is 5.91 Å². The molecule has 0 bridgehead atoms. The molecule has 5 nitrogen and oxygen atoms in total. The maximum atomic E-state index is 13.5. The maximum absolute atomic E-state index is 13.5. The second kappa shape index (κ2) is 6.11. The van der Waals surface area contributed by atoms with Crippen molar-refractivity contribution in [2.24, 2.45) is 5.92 Å². The van der Waals surface area contributed by atoms with Crippen molar-refractivity contribution in [3.05, 3.63) is 29.6 Å². The van der Waals surface area contributed by atoms with E-state index in [1.165, 1.54) is 12.1 Å². The van der Waals surface area contributed by atoms with E-state index in [4.69, 9.17) is 5.11 Å². The summed E-state index contributed by atoms with van der Waals surface area (Å²) in [5.41, 5.74) is -0.179. The SMILES string of the molecule is CNCC(C)C(=O)Nc1ccc(C(=O)O)cc1F. The second-order valence-electron chi connectivity index (χ2n) is 3.95. The average molecular weight is 254 g/mol. The van der Waals surface area contributed by atoms with Crippen molar-refractivity contribution in [2.45, 2.75) is 6.92 Å². The molecule has 0 aliphatic heterocycles. The number of hydrogen-bond acceptors (Lipinski definition) is 3. The van der Waals surface area contributed by atoms with Gasteiger partial charge in [0.25, 0.3) is 0 Å². The van der Waals surface area contributed by atoms with Crippen molar-refractivity contribution >= 4 is 17.6 Å². The van der Waals surface area contributed by atoms with Gasteiger partial charge in [-0.2, -0.15) is 0 Å². The quantitative estimate of drug-likeness (QED) is 0.740. The molecule has 1 aromatic rings. The molecule has 0 saturated carbocycles. The molecule has 0 spiro atoms. The summed E-state index contributed by atoms with van der Waals surface area (Å²) in [6, 6.07) is 3.35. The number of carboxylic acids is 1. The highest BCUT2D eigenvalue weighted by atomic mass is 19.1. The highest BCUT2D eigenvalue weighted by Gasteiger charge is 2.15. The Morgan fingerprint density at radius 3 is 2.61 bits per heavy atom. The zero-order valence-corrected chi connectivity index (χ0v) is 10.2. The topological polar surface area (TPSA) is 78.4 Å². The van der Waals surface area contributed by atoms with E-state index in [1.807, 2.05) is 0 Å². The first-order chi connectivity index (χ1) is 8.45. The molecule has 1 unspecified atom stereocenters. The molecule has 6 heteroatoms. The van der Waals surface area contributed by atoms with Gasteiger partial charge in [-0.05, 0) is 25.2 Å². The molecule has 18 heavy (non-hydrogen) atoms. The zero-order valence-electron chi connectivity index (χ0n) is 10.2. The molecule has 0 aliphatic rings. The smallest absolute Gasteiger partial charge is 0.335 e. The lowest BCUT2D eigenvalue weighted by Crippen LogP contribution is -2.28. The predicted octanol–water partition coefficient (Wildman–Crippen LogP) is 1.32. The van der Waals surface area contributed by atoms with Crippen molar-refractivity contribution in [2.75, 3.05) is 18.9 Å². The number of hydrogen-bond donors (Lipinski definition) is 3. The van der Waals surface area contributed by atoms with Crippen LogP contribution in [0.5, 0.6) is 0 Å². The molecule has 1 rings (SSSR count). The monoisotopic (exact) mass is 254 g/mol. The Morgan fingerprint density at radius 2 is 2.11 bits per heavy atom. The maximum Gasteiger partial charge on any atom is 0.335 e. The predicted molar refractivity (Wildman–Crippen MR) is 65.1 cm³/mol. The summed E-state index contributed by atoms with van der Waals surface area (Å²) in [6.45, 7) is 2.18. The summed E-state index contributed by atoms with van der Waals surface area (Å²) in [5, 5.41) is 13.9. The van der Waals surface area contributed by atoms with Gasteiger partial charge >= 0.3 is 5.97 Å². The van der Waals surface area contributed by atoms with Crippen molar-refractivity contribution in [1.82, 2.24) is 5.32 Å². The molecule has 0 saturated heterocycles. The van der Waals surface area contributed by atoms with Crippen molar-refractivity contribution < 1.29 is 19.1 Å². The first-order valence-electron chi connectivity index (χ1n) is 5.44. The normalized spacial score (nSPS) is 11.9. The fourth-order valence-corrected chi connectivity index (χ4v) is 1.40. The van der Waals surface area contributed by atoms with E-state index >= 15 is 0 Å². The molecule has 0 heterocycles. The van der Waals surface area contributed by atoms with Gasteiger partial charge in [-0.15, -0.1) is 0 Å². The van der Waals surface area contributed by atoms with E-state index in [0.29, 0.717) is 6.54 Å². The van der Waals surface area contributed by atoms with Crippen molar-refractivity contribution in [3.63, 3.8) is 0 Å². The first kappa shape index (κ1) is 14.1. The third kappa shape index (κ3) is 3.53. The van der Waals surface area contributed by atoms with E-state index in [0.717, 1.165) is 6.07 Å². The number of carbonyl (C=O) groups is 2. The molecule has 98 valence electrons. The van der Waals surface area contributed by atoms with Gasteiger partial charge in [0.05, 0.1) is 11.3 Å². The third-order valence-electron chi connectivity index (χ3n) is 2.43. The van der Waals surface area contributed by atoms with Gasteiger partial charge in [-0.1, -0.05) is 6.92 Å². The number of anilines is 1. The number of nitrogens with one attached hydrogen (secondary N) is 2. The van der Waals surface area contributed by atoms with Crippen LogP contribution in [0.4, 0.5) is 10.1 Å². The van der Waals surface area contributed by atoms with Gasteiger partial charge in [0.1, 0.15) is 5.82 Å². The molecule has 1 aromatic carbocycles. The van der Waals surface area contributed by atoms with Gasteiger partial charge in [-0.3, -0.25) is 4.79 Å². The Hall–Kier alpha value is -1.95. The number of carboxylic acid groups (broad SMARTS) is 1. The summed E-state index contributed by atoms with van der Waals surface area (Å²) in [7, 11) is 1.71. The molecular formula is C12H15FN2O3. The Bertz CT molecular complexity index is 463. The lowest BCUT2D eigenvalue weighted by Gasteiger charge is -2.12. The van der Waals surface area contributed by atoms with Gasteiger partial charge in [-0.25, -0.2) is 9.18 Å². The lowest BCUT2D eigenvalue weighted by atomic mass is 10.1. The summed E-state index contributed by atoms with van der Waals surface area (Å²) >= 11 is 0. The van der Waals surface area contributed by atoms with Crippen LogP contribution in [0.15, 0.2) is 18.2 Å². The highest BCUT2D eigenvalue weighted by molar-refractivity contribution is 5.93. The van der Waals surface area contributed by atoms with E-state index < -0.39 is 11.8 Å². The number of carbonyl (C=O) groups excluding carboxylic acids is 1. The summed E-state index contributed by atoms with van der Waals surface area (Å²) in [5.74, 6) is -2.62. The summed E-state index contributed by atoms with van der Waals surface area (Å²) in [6.07, 6.45) is 0. The van der Waals surface area contributed by atoms with Crippen LogP contribution in [0.3, 0.4) is 0 Å². The van der Waals surface area contributed by atoms with Crippen molar-refractivity contribution in [1.29, 1.82) is 0 Å². The standard InChI is InChI=1S/C12H15FN2O3/c1-7(6-14-2)11(16)15-10-4-3-8(12(17)18)5-9(10)13/h3-5,7,14H,6H2,1-2H3,(H,15,16)(H,17,18). The van der Waals surface area contributed by atoms with Crippen LogP contribution < -0.4 is 10.6 Å². The van der Waals surface area contributed by atoms with Crippen LogP contribution in [-0.2, 0) is 4.79 Å². The first-order valence-corrected chi connectivity index (χ1v) is 5.44. The molecule has 0 aliphatic carbocycles. The second-order valence-corrected chi connectivity index (χ2v) is 3.95. The van der Waals surface area contributed by atoms with Crippen LogP contribution in [0.2, 0.25) is 0 Å². The fraction of sp³-hybridized carbons (Fsp3) is 0.333. The van der Waals surface area contributed by atoms with Crippen LogP contribution in [-0.4, -0.2) is 30.6 Å². The minimum absolute atomic E-state index is 0.0204. The van der Waals surface area contributed by atoms with E-state index in [1.54, 1.807) is 14.0 Å². The number of halogens is 1. The van der Waals surface area contributed by atoms with Gasteiger partial charge in [0, 0.05) is 12.5 Å². The Morgan fingerprint density at radius 1 is 1.44 bits per heavy atom. The number of aromatic carboxylic acids is 1. The summed E-state index contributed by atoms with van der Waals surface area (Å²) in [4.78, 5) is 22.3. The minimum atomic E-state index is -1.21. The zero-order chi connectivity index (χ0) is 13.7. The van der Waals surface area contributed by atoms with Gasteiger partial charge in [0.15, 0.2) is 0 Å². The average Bonchev–Trinajstić information content (AvgIpc) is 2.31. The highest BCUT2D eigenvalue weighted by Crippen LogP contribution is 2.16. The van der Waals surface area contributed by atoms with Crippen LogP contribution in [0, 0.1) is 11.7 Å². The molecule has 0 aromatic heterocycles. The Kier molecular flexibility index (Phi) is 4.79. The molecule has 1 amide bonds. The van der Waals surface area contributed by atoms with Crippen LogP contribution in [0.1, 0.15) is 17.3 Å². The largest absolute Gasteiger partial charge is 0.478 e. The fourth-order valence-electron chi connectivity index (χ4n) is 1.40. The molecule has 1 atom stereocenters. The Labute approximate surface area is 104 Å². The van der Waals surface area contributed by atoms with Crippen molar-refractivity contribution in [3.8, 4) is 0 Å². The minimum Gasteiger partial charge on any atom is -0.478 e.